The Morgan fingerprint density at radius 3 is 1.21 bits per heavy atom. The summed E-state index contributed by atoms with van der Waals surface area (Å²) in [5.74, 6) is 1.78. The number of hydrogen-bond acceptors (Lipinski definition) is 4. The lowest BCUT2D eigenvalue weighted by atomic mass is 9.73. The summed E-state index contributed by atoms with van der Waals surface area (Å²) in [7, 11) is -3.48. The average Bonchev–Trinajstić information content (AvgIpc) is 2.76. The fourth-order valence-electron chi connectivity index (χ4n) is 6.23. The van der Waals surface area contributed by atoms with E-state index in [1.165, 1.54) is 83.5 Å². The molecule has 0 heterocycles. The summed E-state index contributed by atoms with van der Waals surface area (Å²) in [6.45, 7) is 0. The van der Waals surface area contributed by atoms with Gasteiger partial charge in [-0.05, 0) is 63.2 Å². The van der Waals surface area contributed by atoms with Crippen molar-refractivity contribution < 1.29 is 18.1 Å². The highest BCUT2D eigenvalue weighted by molar-refractivity contribution is 7.48. The van der Waals surface area contributed by atoms with E-state index in [1.807, 2.05) is 0 Å². The molecule has 0 atom stereocenters. The van der Waals surface area contributed by atoms with Crippen LogP contribution in [-0.2, 0) is 18.1 Å². The molecule has 0 saturated heterocycles. The predicted octanol–water partition coefficient (Wildman–Crippen LogP) is 7.95. The SMILES string of the molecule is O=P(OC1CCCCC1)(OC1CCCCC1)OC1CCC(C2CCCCC2)CC1. The van der Waals surface area contributed by atoms with E-state index in [0.29, 0.717) is 0 Å². The van der Waals surface area contributed by atoms with Crippen LogP contribution < -0.4 is 0 Å². The van der Waals surface area contributed by atoms with Gasteiger partial charge in [-0.15, -0.1) is 0 Å². The smallest absolute Gasteiger partial charge is 0.284 e. The second-order valence-corrected chi connectivity index (χ2v) is 11.7. The number of rotatable bonds is 7. The maximum absolute atomic E-state index is 13.7. The minimum Gasteiger partial charge on any atom is -0.284 e. The Kier molecular flexibility index (Phi) is 8.55. The summed E-state index contributed by atoms with van der Waals surface area (Å²) in [5, 5.41) is 0. The summed E-state index contributed by atoms with van der Waals surface area (Å²) in [6.07, 6.45) is 22.9. The van der Waals surface area contributed by atoms with Crippen LogP contribution in [-0.4, -0.2) is 18.3 Å². The van der Waals surface area contributed by atoms with Crippen molar-refractivity contribution in [2.75, 3.05) is 0 Å². The molecule has 4 fully saturated rings. The van der Waals surface area contributed by atoms with Crippen LogP contribution in [0.5, 0.6) is 0 Å². The molecule has 0 aliphatic heterocycles. The molecule has 0 N–H and O–H groups in total. The molecule has 0 amide bonds. The van der Waals surface area contributed by atoms with E-state index in [9.17, 15) is 4.57 Å². The third kappa shape index (κ3) is 6.79. The van der Waals surface area contributed by atoms with Crippen molar-refractivity contribution >= 4 is 7.82 Å². The molecule has 168 valence electrons. The van der Waals surface area contributed by atoms with Crippen molar-refractivity contribution in [3.05, 3.63) is 0 Å². The zero-order valence-corrected chi connectivity index (χ0v) is 19.3. The van der Waals surface area contributed by atoms with Gasteiger partial charge in [-0.2, -0.15) is 0 Å². The van der Waals surface area contributed by atoms with Gasteiger partial charge in [-0.1, -0.05) is 70.6 Å². The second kappa shape index (κ2) is 11.1. The fraction of sp³-hybridized carbons (Fsp3) is 1.00. The van der Waals surface area contributed by atoms with Crippen molar-refractivity contribution in [2.45, 2.75) is 140 Å². The van der Waals surface area contributed by atoms with Gasteiger partial charge in [0.15, 0.2) is 0 Å². The lowest BCUT2D eigenvalue weighted by Crippen LogP contribution is -2.28. The van der Waals surface area contributed by atoms with Gasteiger partial charge in [0.1, 0.15) is 0 Å². The van der Waals surface area contributed by atoms with Gasteiger partial charge in [0.05, 0.1) is 18.3 Å². The zero-order valence-electron chi connectivity index (χ0n) is 18.4. The van der Waals surface area contributed by atoms with Gasteiger partial charge < -0.3 is 0 Å². The van der Waals surface area contributed by atoms with Crippen LogP contribution in [0.15, 0.2) is 0 Å². The van der Waals surface area contributed by atoms with Crippen LogP contribution in [0.3, 0.4) is 0 Å². The quantitative estimate of drug-likeness (QED) is 0.387. The molecule has 4 nitrogen and oxygen atoms in total. The molecule has 4 saturated carbocycles. The first kappa shape index (κ1) is 22.3. The molecule has 0 bridgehead atoms. The van der Waals surface area contributed by atoms with Crippen molar-refractivity contribution in [1.82, 2.24) is 0 Å². The largest absolute Gasteiger partial charge is 0.475 e. The van der Waals surface area contributed by atoms with E-state index in [2.05, 4.69) is 0 Å². The van der Waals surface area contributed by atoms with Crippen molar-refractivity contribution in [1.29, 1.82) is 0 Å². The topological polar surface area (TPSA) is 44.8 Å². The van der Waals surface area contributed by atoms with E-state index < -0.39 is 7.82 Å². The van der Waals surface area contributed by atoms with Crippen LogP contribution >= 0.6 is 7.82 Å². The maximum Gasteiger partial charge on any atom is 0.475 e. The summed E-state index contributed by atoms with van der Waals surface area (Å²) in [4.78, 5) is 0. The lowest BCUT2D eigenvalue weighted by Gasteiger charge is -2.37. The van der Waals surface area contributed by atoms with Crippen molar-refractivity contribution in [2.24, 2.45) is 11.8 Å². The summed E-state index contributed by atoms with van der Waals surface area (Å²) in [5.41, 5.74) is 0. The van der Waals surface area contributed by atoms with Gasteiger partial charge in [-0.3, -0.25) is 13.6 Å². The Morgan fingerprint density at radius 1 is 0.414 bits per heavy atom. The molecule has 4 aliphatic carbocycles. The standard InChI is InChI=1S/C24H43O4P/c25-29(26-22-12-6-2-7-13-22,27-23-14-8-3-9-15-23)28-24-18-16-21(17-19-24)20-10-4-1-5-11-20/h20-24H,1-19H2. The highest BCUT2D eigenvalue weighted by atomic mass is 31.2. The molecule has 0 aromatic rings. The van der Waals surface area contributed by atoms with Crippen molar-refractivity contribution in [3.63, 3.8) is 0 Å². The number of hydrogen-bond donors (Lipinski definition) is 0. The van der Waals surface area contributed by atoms with Crippen molar-refractivity contribution in [3.8, 4) is 0 Å². The van der Waals surface area contributed by atoms with Crippen LogP contribution in [0.2, 0.25) is 0 Å². The number of phosphoric acid groups is 1. The summed E-state index contributed by atoms with van der Waals surface area (Å²) < 4.78 is 32.2. The highest BCUT2D eigenvalue weighted by Crippen LogP contribution is 2.56. The Hall–Kier alpha value is 0.110. The Morgan fingerprint density at radius 2 is 0.759 bits per heavy atom. The average molecular weight is 427 g/mol. The zero-order chi connectivity index (χ0) is 19.9. The first-order chi connectivity index (χ1) is 14.2. The normalized spacial score (nSPS) is 31.7. The van der Waals surface area contributed by atoms with E-state index in [4.69, 9.17) is 13.6 Å². The third-order valence-electron chi connectivity index (χ3n) is 7.97. The van der Waals surface area contributed by atoms with Gasteiger partial charge in [0, 0.05) is 0 Å². The number of phosphoric ester groups is 1. The minimum absolute atomic E-state index is 0.0489. The Bertz CT molecular complexity index is 489. The monoisotopic (exact) mass is 426 g/mol. The molecule has 5 heteroatoms. The summed E-state index contributed by atoms with van der Waals surface area (Å²) in [6, 6.07) is 0. The molecule has 4 aliphatic rings. The minimum atomic E-state index is -3.48. The third-order valence-corrected chi connectivity index (χ3v) is 9.64. The molecular formula is C24H43O4P. The molecule has 0 aromatic heterocycles. The molecule has 0 aromatic carbocycles. The van der Waals surface area contributed by atoms with Crippen LogP contribution in [0.4, 0.5) is 0 Å². The van der Waals surface area contributed by atoms with Gasteiger partial charge in [0.2, 0.25) is 0 Å². The van der Waals surface area contributed by atoms with Gasteiger partial charge in [-0.25, -0.2) is 4.57 Å². The predicted molar refractivity (Wildman–Crippen MR) is 117 cm³/mol. The molecule has 0 radical (unpaired) electrons. The molecule has 0 unspecified atom stereocenters. The second-order valence-electron chi connectivity index (χ2n) is 10.2. The Balaban J connectivity index is 1.32. The first-order valence-corrected chi connectivity index (χ1v) is 14.3. The van der Waals surface area contributed by atoms with E-state index in [0.717, 1.165) is 50.4 Å². The Labute approximate surface area is 178 Å². The van der Waals surface area contributed by atoms with Gasteiger partial charge in [0.25, 0.3) is 0 Å². The van der Waals surface area contributed by atoms with Crippen LogP contribution in [0.25, 0.3) is 0 Å². The van der Waals surface area contributed by atoms with Crippen LogP contribution in [0, 0.1) is 11.8 Å². The molecular weight excluding hydrogens is 383 g/mol. The lowest BCUT2D eigenvalue weighted by molar-refractivity contribution is -0.000546. The first-order valence-electron chi connectivity index (χ1n) is 12.9. The van der Waals surface area contributed by atoms with Gasteiger partial charge >= 0.3 is 7.82 Å². The van der Waals surface area contributed by atoms with E-state index in [-0.39, 0.29) is 18.3 Å². The van der Waals surface area contributed by atoms with E-state index in [1.54, 1.807) is 0 Å². The maximum atomic E-state index is 13.7. The van der Waals surface area contributed by atoms with E-state index >= 15 is 0 Å². The summed E-state index contributed by atoms with van der Waals surface area (Å²) >= 11 is 0. The molecule has 29 heavy (non-hydrogen) atoms. The molecule has 4 rings (SSSR count). The van der Waals surface area contributed by atoms with Crippen LogP contribution in [0.1, 0.15) is 122 Å². The fourth-order valence-corrected chi connectivity index (χ4v) is 8.11. The highest BCUT2D eigenvalue weighted by Gasteiger charge is 2.39. The molecule has 0 spiro atoms.